The van der Waals surface area contributed by atoms with E-state index in [1.54, 1.807) is 11.8 Å². The molecule has 0 fully saturated rings. The first kappa shape index (κ1) is 16.5. The van der Waals surface area contributed by atoms with E-state index >= 15 is 0 Å². The summed E-state index contributed by atoms with van der Waals surface area (Å²) in [5, 5.41) is 13.8. The van der Waals surface area contributed by atoms with E-state index in [0.717, 1.165) is 12.2 Å². The molecule has 2 unspecified atom stereocenters. The van der Waals surface area contributed by atoms with Crippen molar-refractivity contribution in [1.82, 2.24) is 5.32 Å². The molecule has 1 rings (SSSR count). The predicted octanol–water partition coefficient (Wildman–Crippen LogP) is 3.48. The maximum atomic E-state index is 10.3. The van der Waals surface area contributed by atoms with E-state index in [4.69, 9.17) is 0 Å². The first-order valence-electron chi connectivity index (χ1n) is 6.94. The van der Waals surface area contributed by atoms with Crippen LogP contribution in [-0.2, 0) is 0 Å². The third kappa shape index (κ3) is 6.46. The summed E-state index contributed by atoms with van der Waals surface area (Å²) in [5.74, 6) is 1.38. The van der Waals surface area contributed by atoms with Crippen LogP contribution < -0.4 is 5.32 Å². The minimum Gasteiger partial charge on any atom is -0.388 e. The number of hydrogen-bond acceptors (Lipinski definition) is 3. The smallest absolute Gasteiger partial charge is 0.0833 e. The molecule has 0 aliphatic heterocycles. The Morgan fingerprint density at radius 1 is 1.26 bits per heavy atom. The molecule has 0 bridgehead atoms. The van der Waals surface area contributed by atoms with Crippen molar-refractivity contribution in [2.24, 2.45) is 5.92 Å². The Bertz CT molecular complexity index is 351. The molecule has 0 aromatic heterocycles. The molecule has 2 N–H and O–H groups in total. The number of nitrogens with one attached hydrogen (secondary N) is 1. The van der Waals surface area contributed by atoms with Crippen LogP contribution in [0.2, 0.25) is 0 Å². The minimum absolute atomic E-state index is 0.314. The van der Waals surface area contributed by atoms with Crippen LogP contribution in [0.15, 0.2) is 30.3 Å². The van der Waals surface area contributed by atoms with E-state index in [1.807, 2.05) is 19.2 Å². The Balaban J connectivity index is 2.66. The van der Waals surface area contributed by atoms with Gasteiger partial charge < -0.3 is 10.4 Å². The second-order valence-corrected chi connectivity index (χ2v) is 6.77. The molecule has 0 radical (unpaired) electrons. The third-order valence-corrected chi connectivity index (χ3v) is 4.00. The van der Waals surface area contributed by atoms with Crippen LogP contribution in [0.1, 0.15) is 38.8 Å². The van der Waals surface area contributed by atoms with Crippen molar-refractivity contribution in [2.45, 2.75) is 38.8 Å². The topological polar surface area (TPSA) is 32.3 Å². The SMILES string of the molecule is CSCC(C)(O)CNC(CC(C)C)c1ccccc1. The van der Waals surface area contributed by atoms with Gasteiger partial charge in [0, 0.05) is 18.3 Å². The Morgan fingerprint density at radius 3 is 2.42 bits per heavy atom. The van der Waals surface area contributed by atoms with Gasteiger partial charge in [0.25, 0.3) is 0 Å². The van der Waals surface area contributed by atoms with Crippen LogP contribution in [0.4, 0.5) is 0 Å². The van der Waals surface area contributed by atoms with Gasteiger partial charge in [-0.15, -0.1) is 0 Å². The van der Waals surface area contributed by atoms with Gasteiger partial charge >= 0.3 is 0 Å². The Hall–Kier alpha value is -0.510. The van der Waals surface area contributed by atoms with Gasteiger partial charge in [0.1, 0.15) is 0 Å². The van der Waals surface area contributed by atoms with Crippen LogP contribution in [0.3, 0.4) is 0 Å². The predicted molar refractivity (Wildman–Crippen MR) is 85.6 cm³/mol. The monoisotopic (exact) mass is 281 g/mol. The summed E-state index contributed by atoms with van der Waals surface area (Å²) in [6, 6.07) is 10.8. The number of benzene rings is 1. The van der Waals surface area contributed by atoms with Crippen LogP contribution in [0, 0.1) is 5.92 Å². The molecule has 3 heteroatoms. The molecule has 1 aromatic rings. The lowest BCUT2D eigenvalue weighted by Gasteiger charge is -2.28. The Morgan fingerprint density at radius 2 is 1.89 bits per heavy atom. The molecule has 0 amide bonds. The van der Waals surface area contributed by atoms with E-state index in [9.17, 15) is 5.11 Å². The van der Waals surface area contributed by atoms with Gasteiger partial charge in [-0.05, 0) is 31.1 Å². The van der Waals surface area contributed by atoms with Gasteiger partial charge in [-0.3, -0.25) is 0 Å². The lowest BCUT2D eigenvalue weighted by Crippen LogP contribution is -2.41. The van der Waals surface area contributed by atoms with E-state index in [0.29, 0.717) is 18.5 Å². The van der Waals surface area contributed by atoms with E-state index in [2.05, 4.69) is 43.4 Å². The summed E-state index contributed by atoms with van der Waals surface area (Å²) in [4.78, 5) is 0. The van der Waals surface area contributed by atoms with Crippen molar-refractivity contribution in [2.75, 3.05) is 18.6 Å². The number of rotatable bonds is 8. The fourth-order valence-corrected chi connectivity index (χ4v) is 2.92. The lowest BCUT2D eigenvalue weighted by atomic mass is 9.96. The summed E-state index contributed by atoms with van der Waals surface area (Å²) < 4.78 is 0. The average Bonchev–Trinajstić information content (AvgIpc) is 2.35. The highest BCUT2D eigenvalue weighted by Crippen LogP contribution is 2.22. The molecule has 2 atom stereocenters. The van der Waals surface area contributed by atoms with Crippen LogP contribution >= 0.6 is 11.8 Å². The molecular formula is C16H27NOS. The molecule has 2 nitrogen and oxygen atoms in total. The standard InChI is InChI=1S/C16H27NOS/c1-13(2)10-15(14-8-6-5-7-9-14)17-11-16(3,18)12-19-4/h5-9,13,15,17-18H,10-12H2,1-4H3. The van der Waals surface area contributed by atoms with Gasteiger partial charge in [-0.25, -0.2) is 0 Å². The molecule has 19 heavy (non-hydrogen) atoms. The van der Waals surface area contributed by atoms with Crippen molar-refractivity contribution in [3.05, 3.63) is 35.9 Å². The first-order valence-corrected chi connectivity index (χ1v) is 8.33. The molecule has 0 aliphatic carbocycles. The molecule has 0 aliphatic rings. The van der Waals surface area contributed by atoms with E-state index in [1.165, 1.54) is 5.56 Å². The quantitative estimate of drug-likeness (QED) is 0.765. The molecular weight excluding hydrogens is 254 g/mol. The fraction of sp³-hybridized carbons (Fsp3) is 0.625. The van der Waals surface area contributed by atoms with Gasteiger partial charge in [0.15, 0.2) is 0 Å². The fourth-order valence-electron chi connectivity index (χ4n) is 2.20. The van der Waals surface area contributed by atoms with Crippen molar-refractivity contribution in [3.8, 4) is 0 Å². The normalized spacial score (nSPS) is 16.3. The molecule has 1 aromatic carbocycles. The summed E-state index contributed by atoms with van der Waals surface area (Å²) in [5.41, 5.74) is 0.653. The molecule has 0 saturated heterocycles. The van der Waals surface area contributed by atoms with Gasteiger partial charge in [-0.2, -0.15) is 11.8 Å². The van der Waals surface area contributed by atoms with Crippen molar-refractivity contribution < 1.29 is 5.11 Å². The van der Waals surface area contributed by atoms with E-state index in [-0.39, 0.29) is 0 Å². The third-order valence-electron chi connectivity index (χ3n) is 3.09. The largest absolute Gasteiger partial charge is 0.388 e. The zero-order valence-corrected chi connectivity index (χ0v) is 13.3. The van der Waals surface area contributed by atoms with Crippen LogP contribution in [0.25, 0.3) is 0 Å². The number of thioether (sulfide) groups is 1. The maximum Gasteiger partial charge on any atom is 0.0833 e. The van der Waals surface area contributed by atoms with Crippen molar-refractivity contribution in [3.63, 3.8) is 0 Å². The van der Waals surface area contributed by atoms with Crippen LogP contribution in [0.5, 0.6) is 0 Å². The highest BCUT2D eigenvalue weighted by molar-refractivity contribution is 7.98. The highest BCUT2D eigenvalue weighted by atomic mass is 32.2. The van der Waals surface area contributed by atoms with Gasteiger partial charge in [-0.1, -0.05) is 44.2 Å². The number of hydrogen-bond donors (Lipinski definition) is 2. The molecule has 108 valence electrons. The molecule has 0 saturated carbocycles. The van der Waals surface area contributed by atoms with Crippen molar-refractivity contribution in [1.29, 1.82) is 0 Å². The Kier molecular flexibility index (Phi) is 6.90. The zero-order valence-electron chi connectivity index (χ0n) is 12.5. The minimum atomic E-state index is -0.649. The Labute approximate surface area is 122 Å². The van der Waals surface area contributed by atoms with Gasteiger partial charge in [0.2, 0.25) is 0 Å². The molecule has 0 heterocycles. The summed E-state index contributed by atoms with van der Waals surface area (Å²) in [6.45, 7) is 6.99. The zero-order chi connectivity index (χ0) is 14.3. The summed E-state index contributed by atoms with van der Waals surface area (Å²) in [6.07, 6.45) is 3.11. The highest BCUT2D eigenvalue weighted by Gasteiger charge is 2.22. The van der Waals surface area contributed by atoms with E-state index < -0.39 is 5.60 Å². The average molecular weight is 281 g/mol. The first-order chi connectivity index (χ1) is 8.94. The second-order valence-electron chi connectivity index (χ2n) is 5.90. The van der Waals surface area contributed by atoms with Crippen molar-refractivity contribution >= 4 is 11.8 Å². The lowest BCUT2D eigenvalue weighted by molar-refractivity contribution is 0.0803. The van der Waals surface area contributed by atoms with Gasteiger partial charge in [0.05, 0.1) is 5.60 Å². The maximum absolute atomic E-state index is 10.3. The summed E-state index contributed by atoms with van der Waals surface area (Å²) in [7, 11) is 0. The molecule has 0 spiro atoms. The van der Waals surface area contributed by atoms with Crippen LogP contribution in [-0.4, -0.2) is 29.3 Å². The summed E-state index contributed by atoms with van der Waals surface area (Å²) >= 11 is 1.68. The second kappa shape index (κ2) is 7.93. The number of aliphatic hydroxyl groups is 1.